The fraction of sp³-hybridized carbons (Fsp3) is 0.250. The number of carboxylic acid groups (broad SMARTS) is 6. The van der Waals surface area contributed by atoms with Gasteiger partial charge in [0.15, 0.2) is 0 Å². The summed E-state index contributed by atoms with van der Waals surface area (Å²) in [5.74, 6) is -7.11. The number of carboxylic acids is 6. The smallest absolute Gasteiger partial charge is 0.545 e. The van der Waals surface area contributed by atoms with Gasteiger partial charge in [0.1, 0.15) is 0 Å². The molecule has 0 rings (SSSR count). The Morgan fingerprint density at radius 3 is 0.351 bits per heavy atom. The second kappa shape index (κ2) is 30.0. The standard InChI is InChI=1S/6C4H6O2.W/c6*1-3(2)4(5)6;/h6*1H2,2H3,(H,5,6);/q;;;;;;+6/p-6. The summed E-state index contributed by atoms with van der Waals surface area (Å²) < 4.78 is 0. The number of hydrogen-bond donors (Lipinski definition) is 0. The molecule has 12 nitrogen and oxygen atoms in total. The number of carbonyl (C=O) groups is 6. The second-order valence-corrected chi connectivity index (χ2v) is 6.41. The van der Waals surface area contributed by atoms with Crippen molar-refractivity contribution in [2.45, 2.75) is 41.5 Å². The molecule has 0 amide bonds. The van der Waals surface area contributed by atoms with Crippen LogP contribution in [0.2, 0.25) is 0 Å². The van der Waals surface area contributed by atoms with Gasteiger partial charge < -0.3 is 59.4 Å². The molecule has 0 aromatic rings. The Hall–Kier alpha value is -4.05. The minimum absolute atomic E-state index is 0. The van der Waals surface area contributed by atoms with E-state index in [4.69, 9.17) is 0 Å². The Labute approximate surface area is 230 Å². The van der Waals surface area contributed by atoms with Crippen LogP contribution in [-0.2, 0) is 49.8 Å². The van der Waals surface area contributed by atoms with Gasteiger partial charge in [0.25, 0.3) is 0 Å². The molecule has 0 saturated heterocycles. The molecule has 0 aliphatic carbocycles. The largest absolute Gasteiger partial charge is 6.00 e. The van der Waals surface area contributed by atoms with E-state index in [2.05, 4.69) is 39.5 Å². The molecule has 13 heteroatoms. The van der Waals surface area contributed by atoms with E-state index in [1.165, 1.54) is 41.5 Å². The summed E-state index contributed by atoms with van der Waals surface area (Å²) in [4.78, 5) is 56.9. The van der Waals surface area contributed by atoms with Gasteiger partial charge in [0.05, 0.1) is 35.8 Å². The zero-order valence-electron chi connectivity index (χ0n) is 21.5. The summed E-state index contributed by atoms with van der Waals surface area (Å²) in [7, 11) is 0. The monoisotopic (exact) mass is 694 g/mol. The molecule has 0 radical (unpaired) electrons. The zero-order chi connectivity index (χ0) is 30.9. The number of rotatable bonds is 6. The molecular formula is C24H30O12W. The summed E-state index contributed by atoms with van der Waals surface area (Å²) in [6.45, 7) is 26.9. The van der Waals surface area contributed by atoms with Crippen LogP contribution in [0.4, 0.5) is 0 Å². The quantitative estimate of drug-likeness (QED) is 0.241. The zero-order valence-corrected chi connectivity index (χ0v) is 24.5. The van der Waals surface area contributed by atoms with E-state index < -0.39 is 35.8 Å². The fourth-order valence-corrected chi connectivity index (χ4v) is 0. The van der Waals surface area contributed by atoms with Gasteiger partial charge in [-0.05, 0) is 75.0 Å². The first-order chi connectivity index (χ1) is 15.9. The van der Waals surface area contributed by atoms with E-state index in [0.29, 0.717) is 0 Å². The number of carbonyl (C=O) groups excluding carboxylic acids is 6. The normalized spacial score (nSPS) is 7.30. The first-order valence-electron chi connectivity index (χ1n) is 9.07. The van der Waals surface area contributed by atoms with Gasteiger partial charge in [-0.1, -0.05) is 39.5 Å². The average Bonchev–Trinajstić information content (AvgIpc) is 2.69. The summed E-state index contributed by atoms with van der Waals surface area (Å²) in [6.07, 6.45) is 0. The van der Waals surface area contributed by atoms with Crippen molar-refractivity contribution in [1.29, 1.82) is 0 Å². The maximum atomic E-state index is 9.49. The molecule has 0 aliphatic heterocycles. The van der Waals surface area contributed by atoms with Gasteiger partial charge in [-0.25, -0.2) is 0 Å². The van der Waals surface area contributed by atoms with Crippen LogP contribution in [0.5, 0.6) is 0 Å². The van der Waals surface area contributed by atoms with E-state index in [-0.39, 0.29) is 54.5 Å². The van der Waals surface area contributed by atoms with Gasteiger partial charge >= 0.3 is 21.1 Å². The van der Waals surface area contributed by atoms with E-state index >= 15 is 0 Å². The van der Waals surface area contributed by atoms with Crippen LogP contribution in [0, 0.1) is 0 Å². The summed E-state index contributed by atoms with van der Waals surface area (Å²) in [5.41, 5.74) is 0.389. The average molecular weight is 694 g/mol. The first kappa shape index (κ1) is 49.9. The second-order valence-electron chi connectivity index (χ2n) is 6.41. The molecule has 0 spiro atoms. The molecule has 0 N–H and O–H groups in total. The van der Waals surface area contributed by atoms with E-state index in [1.807, 2.05) is 0 Å². The van der Waals surface area contributed by atoms with Gasteiger partial charge in [0, 0.05) is 0 Å². The van der Waals surface area contributed by atoms with Crippen molar-refractivity contribution in [3.8, 4) is 0 Å². The van der Waals surface area contributed by atoms with Crippen LogP contribution in [0.1, 0.15) is 41.5 Å². The molecule has 0 aromatic heterocycles. The first-order valence-corrected chi connectivity index (χ1v) is 9.07. The summed E-state index contributed by atoms with van der Waals surface area (Å²) in [6, 6.07) is 0. The van der Waals surface area contributed by atoms with Gasteiger partial charge in [-0.2, -0.15) is 0 Å². The summed E-state index contributed by atoms with van der Waals surface area (Å²) in [5, 5.41) is 56.9. The topological polar surface area (TPSA) is 241 Å². The molecule has 0 heterocycles. The molecule has 0 aromatic carbocycles. The minimum Gasteiger partial charge on any atom is -0.545 e. The maximum absolute atomic E-state index is 9.49. The van der Waals surface area contributed by atoms with Gasteiger partial charge in [-0.3, -0.25) is 0 Å². The van der Waals surface area contributed by atoms with Crippen molar-refractivity contribution < 1.29 is 80.5 Å². The Kier molecular flexibility index (Phi) is 40.5. The van der Waals surface area contributed by atoms with Crippen molar-refractivity contribution in [1.82, 2.24) is 0 Å². The Morgan fingerprint density at radius 1 is 0.324 bits per heavy atom. The SMILES string of the molecule is C=C(C)C(=O)[O-].C=C(C)C(=O)[O-].C=C(C)C(=O)[O-].C=C(C)C(=O)[O-].C=C(C)C(=O)[O-].C=C(C)C(=O)[O-].[W+6]. The molecule has 0 aliphatic rings. The van der Waals surface area contributed by atoms with Gasteiger partial charge in [-0.15, -0.1) is 0 Å². The van der Waals surface area contributed by atoms with Crippen LogP contribution in [0.3, 0.4) is 0 Å². The summed E-state index contributed by atoms with van der Waals surface area (Å²) >= 11 is 0. The fourth-order valence-electron chi connectivity index (χ4n) is 0. The van der Waals surface area contributed by atoms with Crippen molar-refractivity contribution in [3.63, 3.8) is 0 Å². The van der Waals surface area contributed by atoms with E-state index in [0.717, 1.165) is 0 Å². The predicted octanol–water partition coefficient (Wildman–Crippen LogP) is -4.13. The molecule has 0 saturated carbocycles. The van der Waals surface area contributed by atoms with Crippen molar-refractivity contribution in [2.24, 2.45) is 0 Å². The van der Waals surface area contributed by atoms with Crippen LogP contribution in [0.25, 0.3) is 0 Å². The van der Waals surface area contributed by atoms with E-state index in [1.54, 1.807) is 0 Å². The van der Waals surface area contributed by atoms with Crippen molar-refractivity contribution in [2.75, 3.05) is 0 Å². The molecule has 0 unspecified atom stereocenters. The van der Waals surface area contributed by atoms with Gasteiger partial charge in [0.2, 0.25) is 0 Å². The third kappa shape index (κ3) is 72.0. The molecule has 0 fully saturated rings. The Morgan fingerprint density at radius 2 is 0.351 bits per heavy atom. The molecular weight excluding hydrogens is 664 g/mol. The number of hydrogen-bond acceptors (Lipinski definition) is 12. The molecule has 0 atom stereocenters. The Bertz CT molecular complexity index is 622. The third-order valence-corrected chi connectivity index (χ3v) is 2.09. The van der Waals surface area contributed by atoms with Crippen LogP contribution >= 0.6 is 0 Å². The van der Waals surface area contributed by atoms with Crippen LogP contribution < -0.4 is 30.6 Å². The molecule has 0 bridgehead atoms. The van der Waals surface area contributed by atoms with E-state index in [9.17, 15) is 59.4 Å². The van der Waals surface area contributed by atoms with Crippen molar-refractivity contribution >= 4 is 35.8 Å². The minimum atomic E-state index is -1.19. The maximum Gasteiger partial charge on any atom is 6.00 e. The Balaban J connectivity index is -0.0000000581. The predicted molar refractivity (Wildman–Crippen MR) is 119 cm³/mol. The van der Waals surface area contributed by atoms with Crippen LogP contribution in [0.15, 0.2) is 72.9 Å². The number of aliphatic carboxylic acids is 6. The molecule has 37 heavy (non-hydrogen) atoms. The van der Waals surface area contributed by atoms with Crippen LogP contribution in [-0.4, -0.2) is 35.8 Å². The van der Waals surface area contributed by atoms with Crippen molar-refractivity contribution in [3.05, 3.63) is 72.9 Å². The molecule has 204 valence electrons. The third-order valence-electron chi connectivity index (χ3n) is 2.09.